The topological polar surface area (TPSA) is 63.4 Å². The minimum absolute atomic E-state index is 0.340. The molecule has 6 heteroatoms. The van der Waals surface area contributed by atoms with Crippen LogP contribution >= 0.6 is 11.3 Å². The Morgan fingerprint density at radius 3 is 2.90 bits per heavy atom. The van der Waals surface area contributed by atoms with Crippen LogP contribution in [0.1, 0.15) is 21.6 Å². The van der Waals surface area contributed by atoms with Crippen molar-refractivity contribution in [2.45, 2.75) is 31.3 Å². The number of fused-ring (bicyclic) bond motifs is 1. The Morgan fingerprint density at radius 2 is 2.14 bits per heavy atom. The molecule has 2 N–H and O–H groups in total. The van der Waals surface area contributed by atoms with Gasteiger partial charge in [-0.05, 0) is 53.6 Å². The molecule has 1 aliphatic rings. The van der Waals surface area contributed by atoms with Crippen molar-refractivity contribution >= 4 is 21.4 Å². The van der Waals surface area contributed by atoms with Gasteiger partial charge >= 0.3 is 0 Å². The van der Waals surface area contributed by atoms with Crippen LogP contribution in [-0.2, 0) is 29.5 Å². The Kier molecular flexibility index (Phi) is 3.88. The molecule has 1 aromatic heterocycles. The zero-order valence-electron chi connectivity index (χ0n) is 11.9. The molecule has 4 nitrogen and oxygen atoms in total. The fraction of sp³-hybridized carbons (Fsp3) is 0.333. The zero-order chi connectivity index (χ0) is 15.0. The Balaban J connectivity index is 1.94. The molecule has 1 aromatic carbocycles. The number of sulfonamides is 1. The van der Waals surface area contributed by atoms with Crippen molar-refractivity contribution in [3.8, 4) is 0 Å². The highest BCUT2D eigenvalue weighted by Gasteiger charge is 2.29. The van der Waals surface area contributed by atoms with E-state index in [1.54, 1.807) is 27.8 Å². The first-order valence-corrected chi connectivity index (χ1v) is 9.19. The van der Waals surface area contributed by atoms with Crippen molar-refractivity contribution in [3.63, 3.8) is 0 Å². The lowest BCUT2D eigenvalue weighted by molar-refractivity contribution is 0.394. The average Bonchev–Trinajstić information content (AvgIpc) is 2.94. The third-order valence-electron chi connectivity index (χ3n) is 3.95. The molecule has 0 aliphatic carbocycles. The van der Waals surface area contributed by atoms with Crippen molar-refractivity contribution in [2.24, 2.45) is 5.73 Å². The number of aryl methyl sites for hydroxylation is 1. The Hall–Kier alpha value is -1.21. The van der Waals surface area contributed by atoms with Crippen LogP contribution in [0, 0.1) is 6.92 Å². The second-order valence-electron chi connectivity index (χ2n) is 5.25. The molecule has 0 radical (unpaired) electrons. The molecule has 1 aliphatic heterocycles. The maximum atomic E-state index is 12.8. The molecule has 2 heterocycles. The molecular formula is C15H18N2O2S2. The van der Waals surface area contributed by atoms with E-state index in [0.29, 0.717) is 24.5 Å². The number of benzene rings is 1. The highest BCUT2D eigenvalue weighted by Crippen LogP contribution is 2.28. The van der Waals surface area contributed by atoms with Crippen molar-refractivity contribution in [2.75, 3.05) is 6.54 Å². The molecule has 0 unspecified atom stereocenters. The van der Waals surface area contributed by atoms with Gasteiger partial charge in [-0.25, -0.2) is 8.42 Å². The third kappa shape index (κ3) is 2.64. The lowest BCUT2D eigenvalue weighted by Gasteiger charge is -2.26. The summed E-state index contributed by atoms with van der Waals surface area (Å²) >= 11 is 1.70. The molecule has 0 saturated heterocycles. The van der Waals surface area contributed by atoms with E-state index in [9.17, 15) is 8.42 Å². The molecule has 0 amide bonds. The van der Waals surface area contributed by atoms with Crippen LogP contribution in [0.2, 0.25) is 0 Å². The lowest BCUT2D eigenvalue weighted by atomic mass is 10.1. The number of hydrogen-bond donors (Lipinski definition) is 1. The van der Waals surface area contributed by atoms with E-state index in [1.807, 2.05) is 24.4 Å². The fourth-order valence-electron chi connectivity index (χ4n) is 2.61. The summed E-state index contributed by atoms with van der Waals surface area (Å²) in [5.41, 5.74) is 8.71. The summed E-state index contributed by atoms with van der Waals surface area (Å²) in [6.07, 6.45) is 0.793. The molecule has 0 fully saturated rings. The highest BCUT2D eigenvalue weighted by atomic mass is 32.2. The molecular weight excluding hydrogens is 304 g/mol. The predicted molar refractivity (Wildman–Crippen MR) is 84.7 cm³/mol. The van der Waals surface area contributed by atoms with Crippen molar-refractivity contribution in [1.29, 1.82) is 0 Å². The standard InChI is InChI=1S/C15H18N2O2S2/c1-11-2-3-14(8-13(11)9-16)21(18,19)17-6-4-15-12(10-17)5-7-20-15/h2-3,5,7-8H,4,6,9-10,16H2,1H3. The first-order chi connectivity index (χ1) is 10.0. The van der Waals surface area contributed by atoms with Gasteiger partial charge < -0.3 is 5.73 Å². The minimum Gasteiger partial charge on any atom is -0.326 e. The molecule has 0 bridgehead atoms. The van der Waals surface area contributed by atoms with Crippen molar-refractivity contribution in [1.82, 2.24) is 4.31 Å². The van der Waals surface area contributed by atoms with Crippen LogP contribution in [0.15, 0.2) is 34.5 Å². The second-order valence-corrected chi connectivity index (χ2v) is 8.19. The van der Waals surface area contributed by atoms with Gasteiger partial charge in [0, 0.05) is 24.5 Å². The van der Waals surface area contributed by atoms with E-state index >= 15 is 0 Å². The molecule has 2 aromatic rings. The normalized spacial score (nSPS) is 15.9. The van der Waals surface area contributed by atoms with Crippen molar-refractivity contribution < 1.29 is 8.42 Å². The van der Waals surface area contributed by atoms with E-state index in [0.717, 1.165) is 23.1 Å². The Labute approximate surface area is 129 Å². The zero-order valence-corrected chi connectivity index (χ0v) is 13.5. The van der Waals surface area contributed by atoms with Gasteiger partial charge in [0.2, 0.25) is 10.0 Å². The van der Waals surface area contributed by atoms with E-state index in [-0.39, 0.29) is 0 Å². The quantitative estimate of drug-likeness (QED) is 0.943. The minimum atomic E-state index is -3.45. The first kappa shape index (κ1) is 14.7. The molecule has 3 rings (SSSR count). The van der Waals surface area contributed by atoms with Crippen LogP contribution in [0.25, 0.3) is 0 Å². The summed E-state index contributed by atoms with van der Waals surface area (Å²) in [6.45, 7) is 3.30. The number of nitrogens with zero attached hydrogens (tertiary/aromatic N) is 1. The molecule has 0 spiro atoms. The maximum Gasteiger partial charge on any atom is 0.243 e. The Morgan fingerprint density at radius 1 is 1.33 bits per heavy atom. The van der Waals surface area contributed by atoms with E-state index < -0.39 is 10.0 Å². The summed E-state index contributed by atoms with van der Waals surface area (Å²) in [6, 6.07) is 7.22. The molecule has 0 atom stereocenters. The largest absolute Gasteiger partial charge is 0.326 e. The van der Waals surface area contributed by atoms with Crippen LogP contribution in [-0.4, -0.2) is 19.3 Å². The summed E-state index contributed by atoms with van der Waals surface area (Å²) in [5.74, 6) is 0. The van der Waals surface area contributed by atoms with Crippen LogP contribution in [0.5, 0.6) is 0 Å². The number of rotatable bonds is 3. The van der Waals surface area contributed by atoms with Gasteiger partial charge in [-0.3, -0.25) is 0 Å². The summed E-state index contributed by atoms with van der Waals surface area (Å²) in [4.78, 5) is 1.64. The van der Waals surface area contributed by atoms with Gasteiger partial charge in [-0.1, -0.05) is 6.07 Å². The monoisotopic (exact) mass is 322 g/mol. The number of hydrogen-bond acceptors (Lipinski definition) is 4. The summed E-state index contributed by atoms with van der Waals surface area (Å²) in [7, 11) is -3.45. The lowest BCUT2D eigenvalue weighted by Crippen LogP contribution is -2.35. The summed E-state index contributed by atoms with van der Waals surface area (Å²) in [5, 5.41) is 2.03. The van der Waals surface area contributed by atoms with Gasteiger partial charge in [-0.2, -0.15) is 4.31 Å². The highest BCUT2D eigenvalue weighted by molar-refractivity contribution is 7.89. The number of nitrogens with two attached hydrogens (primary N) is 1. The van der Waals surface area contributed by atoms with Gasteiger partial charge in [-0.15, -0.1) is 11.3 Å². The smallest absolute Gasteiger partial charge is 0.243 e. The van der Waals surface area contributed by atoms with E-state index in [2.05, 4.69) is 0 Å². The van der Waals surface area contributed by atoms with Gasteiger partial charge in [0.25, 0.3) is 0 Å². The van der Waals surface area contributed by atoms with Crippen LogP contribution < -0.4 is 5.73 Å². The summed E-state index contributed by atoms with van der Waals surface area (Å²) < 4.78 is 27.1. The first-order valence-electron chi connectivity index (χ1n) is 6.87. The van der Waals surface area contributed by atoms with E-state index in [4.69, 9.17) is 5.73 Å². The van der Waals surface area contributed by atoms with Crippen LogP contribution in [0.3, 0.4) is 0 Å². The molecule has 21 heavy (non-hydrogen) atoms. The third-order valence-corrected chi connectivity index (χ3v) is 6.82. The molecule has 0 saturated carbocycles. The second kappa shape index (κ2) is 5.53. The number of thiophene rings is 1. The fourth-order valence-corrected chi connectivity index (χ4v) is 4.96. The van der Waals surface area contributed by atoms with Gasteiger partial charge in [0.15, 0.2) is 0 Å². The van der Waals surface area contributed by atoms with Crippen molar-refractivity contribution in [3.05, 3.63) is 51.2 Å². The Bertz CT molecular complexity index is 766. The van der Waals surface area contributed by atoms with Crippen LogP contribution in [0.4, 0.5) is 0 Å². The predicted octanol–water partition coefficient (Wildman–Crippen LogP) is 2.26. The average molecular weight is 322 g/mol. The van der Waals surface area contributed by atoms with E-state index in [1.165, 1.54) is 4.88 Å². The molecule has 112 valence electrons. The van der Waals surface area contributed by atoms with Gasteiger partial charge in [0.1, 0.15) is 0 Å². The van der Waals surface area contributed by atoms with Gasteiger partial charge in [0.05, 0.1) is 4.90 Å². The maximum absolute atomic E-state index is 12.8. The SMILES string of the molecule is Cc1ccc(S(=O)(=O)N2CCc3sccc3C2)cc1CN.